The SMILES string of the molecule is CS(=O)(=O)c1ccc(C2(C(=O)N3C[C@@H]4COCC[C@]4(C(=O)O)C3)CCCCC2)cc1. The van der Waals surface area contributed by atoms with Crippen molar-refractivity contribution in [3.63, 3.8) is 0 Å². The molecule has 1 saturated carbocycles. The van der Waals surface area contributed by atoms with Gasteiger partial charge in [-0.25, -0.2) is 8.42 Å². The first-order chi connectivity index (χ1) is 14.2. The van der Waals surface area contributed by atoms with Gasteiger partial charge in [0.2, 0.25) is 5.91 Å². The van der Waals surface area contributed by atoms with Crippen LogP contribution in [-0.2, 0) is 29.6 Å². The standard InChI is InChI=1S/C22H29NO6S/c1-30(27,28)18-7-5-16(6-8-18)21(9-3-2-4-10-21)19(24)23-13-17-14-29-12-11-22(17,15-23)20(25)26/h5-8,17H,2-4,9-15H2,1H3,(H,25,26)/t17-,22+/m1/s1. The van der Waals surface area contributed by atoms with E-state index in [1.807, 2.05) is 0 Å². The number of likely N-dealkylation sites (tertiary alicyclic amines) is 1. The Balaban J connectivity index is 1.67. The number of nitrogens with zero attached hydrogens (tertiary/aromatic N) is 1. The summed E-state index contributed by atoms with van der Waals surface area (Å²) in [7, 11) is -3.31. The molecule has 2 aliphatic heterocycles. The largest absolute Gasteiger partial charge is 0.481 e. The van der Waals surface area contributed by atoms with Gasteiger partial charge in [-0.15, -0.1) is 0 Å². The third kappa shape index (κ3) is 3.43. The van der Waals surface area contributed by atoms with Crippen LogP contribution in [0.15, 0.2) is 29.2 Å². The number of hydrogen-bond donors (Lipinski definition) is 1. The second kappa shape index (κ2) is 7.64. The average Bonchev–Trinajstić information content (AvgIpc) is 3.14. The Bertz CT molecular complexity index is 935. The second-order valence-corrected chi connectivity index (χ2v) is 11.1. The first-order valence-electron chi connectivity index (χ1n) is 10.6. The second-order valence-electron chi connectivity index (χ2n) is 9.11. The minimum absolute atomic E-state index is 0.0238. The van der Waals surface area contributed by atoms with E-state index in [1.165, 1.54) is 6.26 Å². The quantitative estimate of drug-likeness (QED) is 0.778. The lowest BCUT2D eigenvalue weighted by atomic mass is 9.68. The zero-order chi connectivity index (χ0) is 21.6. The van der Waals surface area contributed by atoms with Gasteiger partial charge in [-0.05, 0) is 37.0 Å². The maximum Gasteiger partial charge on any atom is 0.311 e. The van der Waals surface area contributed by atoms with Gasteiger partial charge in [-0.1, -0.05) is 31.4 Å². The van der Waals surface area contributed by atoms with Gasteiger partial charge >= 0.3 is 5.97 Å². The highest BCUT2D eigenvalue weighted by Crippen LogP contribution is 2.47. The molecule has 1 amide bonds. The molecule has 0 unspecified atom stereocenters. The number of aliphatic carboxylic acids is 1. The Morgan fingerprint density at radius 3 is 2.33 bits per heavy atom. The van der Waals surface area contributed by atoms with E-state index < -0.39 is 26.6 Å². The highest BCUT2D eigenvalue weighted by Gasteiger charge is 2.57. The number of rotatable bonds is 4. The highest BCUT2D eigenvalue weighted by atomic mass is 32.2. The van der Waals surface area contributed by atoms with E-state index in [0.717, 1.165) is 24.8 Å². The first kappa shape index (κ1) is 21.3. The van der Waals surface area contributed by atoms with Crippen LogP contribution in [0.4, 0.5) is 0 Å². The number of carboxylic acids is 1. The molecule has 164 valence electrons. The summed E-state index contributed by atoms with van der Waals surface area (Å²) in [6.45, 7) is 1.39. The number of amides is 1. The molecule has 0 bridgehead atoms. The number of benzene rings is 1. The van der Waals surface area contributed by atoms with Crippen LogP contribution in [0.3, 0.4) is 0 Å². The summed E-state index contributed by atoms with van der Waals surface area (Å²) in [5.41, 5.74) is -0.818. The Labute approximate surface area is 177 Å². The lowest BCUT2D eigenvalue weighted by Crippen LogP contribution is -2.49. The number of carboxylic acid groups (broad SMARTS) is 1. The topological polar surface area (TPSA) is 101 Å². The summed E-state index contributed by atoms with van der Waals surface area (Å²) in [5.74, 6) is -1.06. The van der Waals surface area contributed by atoms with Crippen LogP contribution in [0.5, 0.6) is 0 Å². The predicted molar refractivity (Wildman–Crippen MR) is 110 cm³/mol. The smallest absolute Gasteiger partial charge is 0.311 e. The van der Waals surface area contributed by atoms with Gasteiger partial charge < -0.3 is 14.7 Å². The van der Waals surface area contributed by atoms with E-state index in [-0.39, 0.29) is 23.3 Å². The molecule has 1 aromatic carbocycles. The van der Waals surface area contributed by atoms with Crippen molar-refractivity contribution in [1.29, 1.82) is 0 Å². The molecule has 0 spiro atoms. The monoisotopic (exact) mass is 435 g/mol. The summed E-state index contributed by atoms with van der Waals surface area (Å²) >= 11 is 0. The van der Waals surface area contributed by atoms with E-state index in [0.29, 0.717) is 39.0 Å². The van der Waals surface area contributed by atoms with Crippen LogP contribution in [0.25, 0.3) is 0 Å². The summed E-state index contributed by atoms with van der Waals surface area (Å²) < 4.78 is 29.2. The average molecular weight is 436 g/mol. The van der Waals surface area contributed by atoms with Crippen LogP contribution in [0.2, 0.25) is 0 Å². The van der Waals surface area contributed by atoms with Gasteiger partial charge in [0.1, 0.15) is 0 Å². The van der Waals surface area contributed by atoms with Gasteiger partial charge in [0.25, 0.3) is 0 Å². The maximum atomic E-state index is 13.9. The summed E-state index contributed by atoms with van der Waals surface area (Å²) in [6, 6.07) is 6.67. The van der Waals surface area contributed by atoms with Crippen molar-refractivity contribution < 1.29 is 27.9 Å². The van der Waals surface area contributed by atoms with Gasteiger partial charge in [0.05, 0.1) is 22.3 Å². The van der Waals surface area contributed by atoms with Crippen molar-refractivity contribution in [3.8, 4) is 0 Å². The van der Waals surface area contributed by atoms with Crippen molar-refractivity contribution in [2.24, 2.45) is 11.3 Å². The molecule has 0 aromatic heterocycles. The van der Waals surface area contributed by atoms with E-state index in [9.17, 15) is 23.1 Å². The van der Waals surface area contributed by atoms with Crippen molar-refractivity contribution in [2.45, 2.75) is 48.8 Å². The minimum Gasteiger partial charge on any atom is -0.481 e. The molecule has 1 aliphatic carbocycles. The van der Waals surface area contributed by atoms with Gasteiger partial charge in [-0.3, -0.25) is 9.59 Å². The number of fused-ring (bicyclic) bond motifs is 1. The lowest BCUT2D eigenvalue weighted by Gasteiger charge is -2.39. The molecule has 8 heteroatoms. The molecule has 30 heavy (non-hydrogen) atoms. The zero-order valence-electron chi connectivity index (χ0n) is 17.3. The fourth-order valence-electron chi connectivity index (χ4n) is 5.56. The van der Waals surface area contributed by atoms with Crippen molar-refractivity contribution in [3.05, 3.63) is 29.8 Å². The van der Waals surface area contributed by atoms with Crippen LogP contribution in [0, 0.1) is 11.3 Å². The molecule has 1 N–H and O–H groups in total. The highest BCUT2D eigenvalue weighted by molar-refractivity contribution is 7.90. The van der Waals surface area contributed by atoms with Crippen LogP contribution >= 0.6 is 0 Å². The molecule has 2 heterocycles. The van der Waals surface area contributed by atoms with Crippen LogP contribution < -0.4 is 0 Å². The van der Waals surface area contributed by atoms with Crippen LogP contribution in [0.1, 0.15) is 44.1 Å². The van der Waals surface area contributed by atoms with Crippen molar-refractivity contribution in [2.75, 3.05) is 32.6 Å². The fourth-order valence-corrected chi connectivity index (χ4v) is 6.19. The molecule has 0 radical (unpaired) electrons. The third-order valence-electron chi connectivity index (χ3n) is 7.37. The number of carbonyl (C=O) groups excluding carboxylic acids is 1. The van der Waals surface area contributed by atoms with E-state index in [1.54, 1.807) is 29.2 Å². The molecule has 1 aromatic rings. The van der Waals surface area contributed by atoms with Gasteiger partial charge in [0.15, 0.2) is 9.84 Å². The number of ether oxygens (including phenoxy) is 1. The van der Waals surface area contributed by atoms with Gasteiger partial charge in [-0.2, -0.15) is 0 Å². The van der Waals surface area contributed by atoms with E-state index in [4.69, 9.17) is 4.74 Å². The molecule has 4 rings (SSSR count). The third-order valence-corrected chi connectivity index (χ3v) is 8.50. The van der Waals surface area contributed by atoms with Crippen molar-refractivity contribution in [1.82, 2.24) is 4.90 Å². The van der Waals surface area contributed by atoms with E-state index in [2.05, 4.69) is 0 Å². The molecular weight excluding hydrogens is 406 g/mol. The number of sulfone groups is 1. The molecule has 2 saturated heterocycles. The van der Waals surface area contributed by atoms with Gasteiger partial charge in [0, 0.05) is 31.9 Å². The number of hydrogen-bond acceptors (Lipinski definition) is 5. The molecule has 2 atom stereocenters. The Hall–Kier alpha value is -1.93. The maximum absolute atomic E-state index is 13.9. The van der Waals surface area contributed by atoms with Crippen LogP contribution in [-0.4, -0.2) is 62.9 Å². The molecule has 3 fully saturated rings. The Morgan fingerprint density at radius 2 is 1.77 bits per heavy atom. The summed E-state index contributed by atoms with van der Waals surface area (Å²) in [4.78, 5) is 28.0. The normalized spacial score (nSPS) is 28.7. The minimum atomic E-state index is -3.31. The molecular formula is C22H29NO6S. The fraction of sp³-hybridized carbons (Fsp3) is 0.636. The Kier molecular flexibility index (Phi) is 5.43. The number of carbonyl (C=O) groups is 2. The van der Waals surface area contributed by atoms with Crippen molar-refractivity contribution >= 4 is 21.7 Å². The van der Waals surface area contributed by atoms with E-state index >= 15 is 0 Å². The summed E-state index contributed by atoms with van der Waals surface area (Å²) in [5, 5.41) is 9.95. The predicted octanol–water partition coefficient (Wildman–Crippen LogP) is 2.24. The Morgan fingerprint density at radius 1 is 1.10 bits per heavy atom. The lowest BCUT2D eigenvalue weighted by molar-refractivity contribution is -0.157. The molecule has 3 aliphatic rings. The summed E-state index contributed by atoms with van der Waals surface area (Å²) in [6.07, 6.45) is 5.89. The molecule has 7 nitrogen and oxygen atoms in total. The zero-order valence-corrected chi connectivity index (χ0v) is 18.1. The first-order valence-corrected chi connectivity index (χ1v) is 12.5.